The molecule has 1 rings (SSSR count). The van der Waals surface area contributed by atoms with Gasteiger partial charge in [-0.15, -0.1) is 0 Å². The van der Waals surface area contributed by atoms with Gasteiger partial charge >= 0.3 is 12.1 Å². The number of aliphatic carboxylic acids is 1. The lowest BCUT2D eigenvalue weighted by atomic mass is 9.96. The molecule has 0 aromatic rings. The van der Waals surface area contributed by atoms with Crippen LogP contribution in [-0.2, 0) is 9.59 Å². The second kappa shape index (κ2) is 5.16. The van der Waals surface area contributed by atoms with Gasteiger partial charge in [-0.2, -0.15) is 13.2 Å². The quantitative estimate of drug-likeness (QED) is 0.847. The Kier molecular flexibility index (Phi) is 4.24. The fourth-order valence-corrected chi connectivity index (χ4v) is 2.05. The second-order valence-corrected chi connectivity index (χ2v) is 4.65. The zero-order valence-electron chi connectivity index (χ0n) is 10.2. The van der Waals surface area contributed by atoms with Crippen LogP contribution in [0.1, 0.15) is 20.3 Å². The summed E-state index contributed by atoms with van der Waals surface area (Å²) in [5.41, 5.74) is 0. The molecule has 0 aromatic heterocycles. The fraction of sp³-hybridized carbons (Fsp3) is 0.818. The van der Waals surface area contributed by atoms with Gasteiger partial charge in [0.1, 0.15) is 0 Å². The molecule has 0 spiro atoms. The van der Waals surface area contributed by atoms with Crippen LogP contribution < -0.4 is 0 Å². The molecule has 1 aliphatic heterocycles. The van der Waals surface area contributed by atoms with Crippen LogP contribution in [0.4, 0.5) is 13.2 Å². The van der Waals surface area contributed by atoms with Gasteiger partial charge in [-0.05, 0) is 6.42 Å². The minimum atomic E-state index is -4.59. The number of hydrogen-bond donors (Lipinski definition) is 1. The smallest absolute Gasteiger partial charge is 0.394 e. The van der Waals surface area contributed by atoms with Crippen molar-refractivity contribution in [1.82, 2.24) is 4.90 Å². The highest BCUT2D eigenvalue weighted by Crippen LogP contribution is 2.38. The molecule has 104 valence electrons. The van der Waals surface area contributed by atoms with Crippen LogP contribution in [0, 0.1) is 17.8 Å². The molecule has 1 fully saturated rings. The molecule has 0 bridgehead atoms. The number of carbonyl (C=O) groups excluding carboxylic acids is 1. The van der Waals surface area contributed by atoms with Crippen molar-refractivity contribution in [2.24, 2.45) is 17.8 Å². The number of rotatable bonds is 3. The van der Waals surface area contributed by atoms with Crippen molar-refractivity contribution < 1.29 is 27.9 Å². The number of carboxylic acids is 1. The van der Waals surface area contributed by atoms with E-state index in [1.54, 1.807) is 13.8 Å². The second-order valence-electron chi connectivity index (χ2n) is 4.65. The van der Waals surface area contributed by atoms with Crippen molar-refractivity contribution in [2.75, 3.05) is 13.1 Å². The van der Waals surface area contributed by atoms with Gasteiger partial charge in [0.05, 0.1) is 11.8 Å². The summed E-state index contributed by atoms with van der Waals surface area (Å²) in [6, 6.07) is 0. The number of halogens is 3. The minimum absolute atomic E-state index is 0.358. The van der Waals surface area contributed by atoms with Crippen molar-refractivity contribution in [2.45, 2.75) is 26.4 Å². The number of alkyl halides is 3. The fourth-order valence-electron chi connectivity index (χ4n) is 2.05. The average molecular weight is 267 g/mol. The molecule has 1 heterocycles. The Morgan fingerprint density at radius 3 is 2.28 bits per heavy atom. The van der Waals surface area contributed by atoms with Crippen LogP contribution in [0.25, 0.3) is 0 Å². The number of amides is 1. The van der Waals surface area contributed by atoms with Gasteiger partial charge in [-0.3, -0.25) is 9.59 Å². The van der Waals surface area contributed by atoms with Crippen LogP contribution in [0.3, 0.4) is 0 Å². The van der Waals surface area contributed by atoms with Gasteiger partial charge in [0, 0.05) is 19.0 Å². The van der Waals surface area contributed by atoms with Crippen molar-refractivity contribution >= 4 is 11.9 Å². The SMILES string of the molecule is CCC(C)C(=O)N1C[C@@H](C(F)(F)F)[C@H](C(=O)O)C1. The standard InChI is InChI=1S/C11H16F3NO3/c1-3-6(2)9(16)15-4-7(10(17)18)8(5-15)11(12,13)14/h6-8H,3-5H2,1-2H3,(H,17,18)/t6?,7-,8-/m1/s1. The van der Waals surface area contributed by atoms with Crippen LogP contribution in [0.2, 0.25) is 0 Å². The Bertz CT molecular complexity index is 343. The highest BCUT2D eigenvalue weighted by Gasteiger charge is 2.53. The molecule has 0 saturated carbocycles. The number of carbonyl (C=O) groups is 2. The molecular weight excluding hydrogens is 251 g/mol. The predicted molar refractivity (Wildman–Crippen MR) is 56.7 cm³/mol. The van der Waals surface area contributed by atoms with E-state index >= 15 is 0 Å². The molecule has 0 radical (unpaired) electrons. The average Bonchev–Trinajstić information content (AvgIpc) is 2.71. The highest BCUT2D eigenvalue weighted by molar-refractivity contribution is 5.80. The van der Waals surface area contributed by atoms with Crippen molar-refractivity contribution in [3.8, 4) is 0 Å². The molecule has 1 N–H and O–H groups in total. The summed E-state index contributed by atoms with van der Waals surface area (Å²) in [5, 5.41) is 8.80. The van der Waals surface area contributed by atoms with Gasteiger partial charge in [-0.25, -0.2) is 0 Å². The third-order valence-electron chi connectivity index (χ3n) is 3.40. The van der Waals surface area contributed by atoms with E-state index in [4.69, 9.17) is 5.11 Å². The molecule has 18 heavy (non-hydrogen) atoms. The molecule has 0 aromatic carbocycles. The maximum absolute atomic E-state index is 12.7. The van der Waals surface area contributed by atoms with Crippen LogP contribution in [-0.4, -0.2) is 41.1 Å². The third kappa shape index (κ3) is 2.94. The van der Waals surface area contributed by atoms with E-state index in [0.29, 0.717) is 6.42 Å². The summed E-state index contributed by atoms with van der Waals surface area (Å²) in [5.74, 6) is -5.82. The van der Waals surface area contributed by atoms with E-state index in [9.17, 15) is 22.8 Å². The molecule has 3 atom stereocenters. The van der Waals surface area contributed by atoms with Crippen LogP contribution in [0.15, 0.2) is 0 Å². The summed E-state index contributed by atoms with van der Waals surface area (Å²) in [4.78, 5) is 23.6. The van der Waals surface area contributed by atoms with Crippen LogP contribution in [0.5, 0.6) is 0 Å². The van der Waals surface area contributed by atoms with E-state index in [1.165, 1.54) is 0 Å². The molecule has 1 saturated heterocycles. The lowest BCUT2D eigenvalue weighted by molar-refractivity contribution is -0.188. The molecule has 1 unspecified atom stereocenters. The predicted octanol–water partition coefficient (Wildman–Crippen LogP) is 1.75. The van der Waals surface area contributed by atoms with Gasteiger partial charge in [-0.1, -0.05) is 13.8 Å². The Labute approximate surface area is 103 Å². The van der Waals surface area contributed by atoms with Crippen molar-refractivity contribution in [1.29, 1.82) is 0 Å². The number of nitrogens with zero attached hydrogens (tertiary/aromatic N) is 1. The normalized spacial score (nSPS) is 26.2. The van der Waals surface area contributed by atoms with E-state index in [2.05, 4.69) is 0 Å². The Balaban J connectivity index is 2.85. The van der Waals surface area contributed by atoms with Gasteiger partial charge in [0.2, 0.25) is 5.91 Å². The summed E-state index contributed by atoms with van der Waals surface area (Å²) in [7, 11) is 0. The number of hydrogen-bond acceptors (Lipinski definition) is 2. The molecule has 4 nitrogen and oxygen atoms in total. The van der Waals surface area contributed by atoms with E-state index in [0.717, 1.165) is 4.90 Å². The first kappa shape index (κ1) is 14.8. The maximum atomic E-state index is 12.7. The lowest BCUT2D eigenvalue weighted by Crippen LogP contribution is -2.35. The van der Waals surface area contributed by atoms with E-state index < -0.39 is 36.4 Å². The van der Waals surface area contributed by atoms with Gasteiger partial charge in [0.25, 0.3) is 0 Å². The van der Waals surface area contributed by atoms with Crippen LogP contribution >= 0.6 is 0 Å². The number of likely N-dealkylation sites (tertiary alicyclic amines) is 1. The molecule has 0 aliphatic carbocycles. The largest absolute Gasteiger partial charge is 0.481 e. The first-order valence-electron chi connectivity index (χ1n) is 5.76. The van der Waals surface area contributed by atoms with E-state index in [-0.39, 0.29) is 12.5 Å². The minimum Gasteiger partial charge on any atom is -0.481 e. The Morgan fingerprint density at radius 1 is 1.39 bits per heavy atom. The zero-order valence-corrected chi connectivity index (χ0v) is 10.2. The maximum Gasteiger partial charge on any atom is 0.394 e. The summed E-state index contributed by atoms with van der Waals surface area (Å²) in [6.07, 6.45) is -4.07. The first-order valence-corrected chi connectivity index (χ1v) is 5.76. The molecular formula is C11H16F3NO3. The van der Waals surface area contributed by atoms with E-state index in [1.807, 2.05) is 0 Å². The van der Waals surface area contributed by atoms with Crippen molar-refractivity contribution in [3.63, 3.8) is 0 Å². The molecule has 1 amide bonds. The van der Waals surface area contributed by atoms with Gasteiger partial charge < -0.3 is 10.0 Å². The summed E-state index contributed by atoms with van der Waals surface area (Å²) < 4.78 is 38.1. The Hall–Kier alpha value is -1.27. The summed E-state index contributed by atoms with van der Waals surface area (Å²) in [6.45, 7) is 2.47. The van der Waals surface area contributed by atoms with Gasteiger partial charge in [0.15, 0.2) is 0 Å². The molecule has 7 heteroatoms. The first-order chi connectivity index (χ1) is 8.18. The topological polar surface area (TPSA) is 57.6 Å². The third-order valence-corrected chi connectivity index (χ3v) is 3.40. The van der Waals surface area contributed by atoms with Crippen molar-refractivity contribution in [3.05, 3.63) is 0 Å². The molecule has 1 aliphatic rings. The number of carboxylic acid groups (broad SMARTS) is 1. The zero-order chi connectivity index (χ0) is 14.1. The Morgan fingerprint density at radius 2 is 1.94 bits per heavy atom. The highest BCUT2D eigenvalue weighted by atomic mass is 19.4. The summed E-state index contributed by atoms with van der Waals surface area (Å²) >= 11 is 0. The monoisotopic (exact) mass is 267 g/mol. The lowest BCUT2D eigenvalue weighted by Gasteiger charge is -2.20.